The fraction of sp³-hybridized carbons (Fsp3) is 0.111. The summed E-state index contributed by atoms with van der Waals surface area (Å²) in [7, 11) is 1.54. The second-order valence-electron chi connectivity index (χ2n) is 2.62. The average Bonchev–Trinajstić information content (AvgIpc) is 2.71. The molecule has 4 nitrogen and oxygen atoms in total. The Morgan fingerprint density at radius 3 is 2.93 bits per heavy atom. The first kappa shape index (κ1) is 8.96. The van der Waals surface area contributed by atoms with Crippen molar-refractivity contribution in [3.63, 3.8) is 0 Å². The lowest BCUT2D eigenvalue weighted by atomic mass is 10.3. The van der Waals surface area contributed by atoms with E-state index in [4.69, 9.17) is 10.5 Å². The Hall–Kier alpha value is -1.62. The molecule has 0 aromatic carbocycles. The summed E-state index contributed by atoms with van der Waals surface area (Å²) in [4.78, 5) is 9.05. The lowest BCUT2D eigenvalue weighted by molar-refractivity contribution is 0.399. The van der Waals surface area contributed by atoms with Gasteiger partial charge in [-0.2, -0.15) is 4.98 Å². The van der Waals surface area contributed by atoms with E-state index in [-0.39, 0.29) is 0 Å². The third-order valence-electron chi connectivity index (χ3n) is 1.80. The Bertz CT molecular complexity index is 428. The number of hydrogen-bond acceptors (Lipinski definition) is 5. The van der Waals surface area contributed by atoms with Crippen LogP contribution in [0.3, 0.4) is 0 Å². The van der Waals surface area contributed by atoms with Crippen molar-refractivity contribution in [3.8, 4) is 16.5 Å². The van der Waals surface area contributed by atoms with Gasteiger partial charge in [0.15, 0.2) is 0 Å². The number of nitrogens with two attached hydrogens (primary N) is 1. The Balaban J connectivity index is 2.54. The summed E-state index contributed by atoms with van der Waals surface area (Å²) >= 11 is 1.58. The van der Waals surface area contributed by atoms with Crippen molar-refractivity contribution in [2.45, 2.75) is 0 Å². The molecule has 2 N–H and O–H groups in total. The second kappa shape index (κ2) is 3.63. The van der Waals surface area contributed by atoms with Gasteiger partial charge in [-0.25, -0.2) is 4.98 Å². The van der Waals surface area contributed by atoms with E-state index in [0.717, 1.165) is 10.6 Å². The number of nitrogen functional groups attached to an aromatic ring is 1. The zero-order valence-electron chi connectivity index (χ0n) is 7.60. The Kier molecular flexibility index (Phi) is 2.32. The number of thiophene rings is 1. The van der Waals surface area contributed by atoms with E-state index in [1.54, 1.807) is 11.3 Å². The number of nitrogens with zero attached hydrogens (tertiary/aromatic N) is 2. The maximum Gasteiger partial charge on any atom is 0.240 e. The molecule has 0 amide bonds. The summed E-state index contributed by atoms with van der Waals surface area (Å²) in [6.07, 6.45) is 1.45. The van der Waals surface area contributed by atoms with Crippen LogP contribution in [0.5, 0.6) is 5.88 Å². The van der Waals surface area contributed by atoms with Gasteiger partial charge in [0.2, 0.25) is 5.88 Å². The third-order valence-corrected chi connectivity index (χ3v) is 2.67. The zero-order valence-corrected chi connectivity index (χ0v) is 8.41. The van der Waals surface area contributed by atoms with E-state index in [1.807, 2.05) is 17.5 Å². The number of ether oxygens (including phenoxy) is 1. The van der Waals surface area contributed by atoms with Gasteiger partial charge in [0, 0.05) is 0 Å². The molecule has 0 saturated carbocycles. The van der Waals surface area contributed by atoms with E-state index in [0.29, 0.717) is 11.6 Å². The van der Waals surface area contributed by atoms with Gasteiger partial charge in [-0.05, 0) is 11.4 Å². The number of methoxy groups -OCH3 is 1. The zero-order chi connectivity index (χ0) is 9.97. The van der Waals surface area contributed by atoms with Gasteiger partial charge >= 0.3 is 0 Å². The minimum Gasteiger partial charge on any atom is -0.479 e. The standard InChI is InChI=1S/C9H9N3OS/c1-13-9-7(10)8(11-5-12-9)6-3-2-4-14-6/h2-5H,10H2,1H3. The fourth-order valence-corrected chi connectivity index (χ4v) is 1.89. The van der Waals surface area contributed by atoms with Crippen LogP contribution in [0.25, 0.3) is 10.6 Å². The topological polar surface area (TPSA) is 61.0 Å². The van der Waals surface area contributed by atoms with Crippen LogP contribution >= 0.6 is 11.3 Å². The summed E-state index contributed by atoms with van der Waals surface area (Å²) in [6, 6.07) is 3.91. The molecule has 0 radical (unpaired) electrons. The molecule has 14 heavy (non-hydrogen) atoms. The first-order valence-corrected chi connectivity index (χ1v) is 4.89. The highest BCUT2D eigenvalue weighted by atomic mass is 32.1. The van der Waals surface area contributed by atoms with E-state index in [9.17, 15) is 0 Å². The molecule has 2 heterocycles. The molecule has 0 unspecified atom stereocenters. The maximum atomic E-state index is 5.84. The van der Waals surface area contributed by atoms with E-state index < -0.39 is 0 Å². The monoisotopic (exact) mass is 207 g/mol. The van der Waals surface area contributed by atoms with Gasteiger partial charge in [-0.3, -0.25) is 0 Å². The number of hydrogen-bond donors (Lipinski definition) is 1. The lowest BCUT2D eigenvalue weighted by Gasteiger charge is -2.05. The van der Waals surface area contributed by atoms with Crippen LogP contribution < -0.4 is 10.5 Å². The molecule has 0 aliphatic rings. The van der Waals surface area contributed by atoms with Gasteiger partial charge < -0.3 is 10.5 Å². The van der Waals surface area contributed by atoms with Crippen LogP contribution in [0.15, 0.2) is 23.8 Å². The molecule has 2 aromatic rings. The van der Waals surface area contributed by atoms with E-state index >= 15 is 0 Å². The summed E-state index contributed by atoms with van der Waals surface area (Å²) in [5, 5.41) is 1.98. The van der Waals surface area contributed by atoms with Crippen LogP contribution in [0, 0.1) is 0 Å². The van der Waals surface area contributed by atoms with Gasteiger partial charge in [0.1, 0.15) is 17.7 Å². The number of rotatable bonds is 2. The largest absolute Gasteiger partial charge is 0.479 e. The van der Waals surface area contributed by atoms with Crippen molar-refractivity contribution in [3.05, 3.63) is 23.8 Å². The molecule has 0 saturated heterocycles. The van der Waals surface area contributed by atoms with Gasteiger partial charge in [0.25, 0.3) is 0 Å². The number of aromatic nitrogens is 2. The van der Waals surface area contributed by atoms with Gasteiger partial charge in [-0.1, -0.05) is 6.07 Å². The predicted molar refractivity (Wildman–Crippen MR) is 56.3 cm³/mol. The minimum atomic E-state index is 0.420. The quantitative estimate of drug-likeness (QED) is 0.815. The smallest absolute Gasteiger partial charge is 0.240 e. The normalized spacial score (nSPS) is 10.1. The summed E-state index contributed by atoms with van der Waals surface area (Å²) in [5.41, 5.74) is 7.05. The summed E-state index contributed by atoms with van der Waals surface area (Å²) < 4.78 is 5.01. The van der Waals surface area contributed by atoms with Crippen molar-refractivity contribution in [2.75, 3.05) is 12.8 Å². The Morgan fingerprint density at radius 2 is 2.29 bits per heavy atom. The minimum absolute atomic E-state index is 0.420. The highest BCUT2D eigenvalue weighted by Gasteiger charge is 2.10. The fourth-order valence-electron chi connectivity index (χ4n) is 1.15. The second-order valence-corrected chi connectivity index (χ2v) is 3.57. The molecule has 0 fully saturated rings. The van der Waals surface area contributed by atoms with Crippen molar-refractivity contribution in [1.29, 1.82) is 0 Å². The molecule has 0 aliphatic carbocycles. The number of anilines is 1. The molecule has 2 rings (SSSR count). The van der Waals surface area contributed by atoms with Crippen molar-refractivity contribution in [1.82, 2.24) is 9.97 Å². The molecule has 2 aromatic heterocycles. The van der Waals surface area contributed by atoms with Gasteiger partial charge in [0.05, 0.1) is 12.0 Å². The van der Waals surface area contributed by atoms with Crippen molar-refractivity contribution < 1.29 is 4.74 Å². The first-order chi connectivity index (χ1) is 6.83. The van der Waals surface area contributed by atoms with Crippen LogP contribution in [0.2, 0.25) is 0 Å². The van der Waals surface area contributed by atoms with Crippen LogP contribution in [-0.2, 0) is 0 Å². The van der Waals surface area contributed by atoms with Crippen LogP contribution in [0.1, 0.15) is 0 Å². The average molecular weight is 207 g/mol. The lowest BCUT2D eigenvalue weighted by Crippen LogP contribution is -1.99. The highest BCUT2D eigenvalue weighted by Crippen LogP contribution is 2.31. The molecule has 72 valence electrons. The van der Waals surface area contributed by atoms with Crippen LogP contribution in [-0.4, -0.2) is 17.1 Å². The van der Waals surface area contributed by atoms with Gasteiger partial charge in [-0.15, -0.1) is 11.3 Å². The summed E-state index contributed by atoms with van der Waals surface area (Å²) in [6.45, 7) is 0. The summed E-state index contributed by atoms with van der Waals surface area (Å²) in [5.74, 6) is 0.420. The molecule has 0 spiro atoms. The molecule has 0 bridgehead atoms. The molecular formula is C9H9N3OS. The Morgan fingerprint density at radius 1 is 1.43 bits per heavy atom. The Labute approximate surface area is 85.4 Å². The third kappa shape index (κ3) is 1.42. The molecular weight excluding hydrogens is 198 g/mol. The molecule has 0 aliphatic heterocycles. The van der Waals surface area contributed by atoms with Crippen molar-refractivity contribution in [2.24, 2.45) is 0 Å². The molecule has 0 atom stereocenters. The van der Waals surface area contributed by atoms with E-state index in [2.05, 4.69) is 9.97 Å². The van der Waals surface area contributed by atoms with E-state index in [1.165, 1.54) is 13.4 Å². The first-order valence-electron chi connectivity index (χ1n) is 4.01. The highest BCUT2D eigenvalue weighted by molar-refractivity contribution is 7.13. The van der Waals surface area contributed by atoms with Crippen molar-refractivity contribution >= 4 is 17.0 Å². The predicted octanol–water partition coefficient (Wildman–Crippen LogP) is 1.80. The molecule has 5 heteroatoms. The maximum absolute atomic E-state index is 5.84. The van der Waals surface area contributed by atoms with Crippen LogP contribution in [0.4, 0.5) is 5.69 Å². The SMILES string of the molecule is COc1ncnc(-c2cccs2)c1N.